The first kappa shape index (κ1) is 24.6. The minimum Gasteiger partial charge on any atom is -0.444 e. The zero-order chi connectivity index (χ0) is 24.0. The van der Waals surface area contributed by atoms with E-state index in [1.807, 2.05) is 39.0 Å². The third-order valence-corrected chi connectivity index (χ3v) is 5.59. The van der Waals surface area contributed by atoms with Crippen LogP contribution in [0.1, 0.15) is 38.3 Å². The molecule has 1 aliphatic heterocycles. The molecule has 0 unspecified atom stereocenters. The molecule has 0 fully saturated rings. The standard InChI is InChI=1S/C26H32ClN3O3/c1-26(2,3)33-25(32)29(15-6-10-24(28)31)16-7-17-30-22-9-5-4-8-19(22)11-12-20-13-14-21(27)18-23(20)30/h4-6,8-10,13-14,18H,7,11-12,15-17H2,1-3H3,(H2,28,31)/b10-6+. The average Bonchev–Trinajstić information content (AvgIpc) is 2.88. The number of halogens is 1. The minimum atomic E-state index is -0.609. The van der Waals surface area contributed by atoms with Crippen molar-refractivity contribution in [1.29, 1.82) is 0 Å². The molecule has 33 heavy (non-hydrogen) atoms. The molecule has 1 aliphatic rings. The van der Waals surface area contributed by atoms with Crippen LogP contribution in [0, 0.1) is 0 Å². The summed E-state index contributed by atoms with van der Waals surface area (Å²) in [4.78, 5) is 27.7. The predicted octanol–water partition coefficient (Wildman–Crippen LogP) is 5.25. The van der Waals surface area contributed by atoms with E-state index < -0.39 is 17.6 Å². The van der Waals surface area contributed by atoms with Crippen molar-refractivity contribution < 1.29 is 14.3 Å². The Kier molecular flexibility index (Phi) is 8.03. The number of carbonyl (C=O) groups is 2. The number of benzene rings is 2. The topological polar surface area (TPSA) is 75.9 Å². The summed E-state index contributed by atoms with van der Waals surface area (Å²) in [5.41, 5.74) is 9.39. The summed E-state index contributed by atoms with van der Waals surface area (Å²) in [6.45, 7) is 6.90. The molecule has 6 nitrogen and oxygen atoms in total. The Morgan fingerprint density at radius 1 is 1.12 bits per heavy atom. The van der Waals surface area contributed by atoms with E-state index in [1.54, 1.807) is 11.0 Å². The summed E-state index contributed by atoms with van der Waals surface area (Å²) in [5.74, 6) is -0.547. The number of carbonyl (C=O) groups excluding carboxylic acids is 2. The molecule has 0 spiro atoms. The van der Waals surface area contributed by atoms with Crippen LogP contribution >= 0.6 is 11.6 Å². The van der Waals surface area contributed by atoms with Gasteiger partial charge in [-0.3, -0.25) is 4.79 Å². The Bertz CT molecular complexity index is 1030. The summed E-state index contributed by atoms with van der Waals surface area (Å²) in [7, 11) is 0. The Hall–Kier alpha value is -2.99. The van der Waals surface area contributed by atoms with E-state index in [9.17, 15) is 9.59 Å². The molecule has 0 bridgehead atoms. The highest BCUT2D eigenvalue weighted by Gasteiger charge is 2.23. The molecule has 0 atom stereocenters. The Morgan fingerprint density at radius 3 is 2.52 bits per heavy atom. The normalized spacial score (nSPS) is 13.3. The van der Waals surface area contributed by atoms with Crippen LogP contribution in [0.2, 0.25) is 5.02 Å². The second kappa shape index (κ2) is 10.8. The molecular weight excluding hydrogens is 438 g/mol. The molecule has 2 N–H and O–H groups in total. The fraction of sp³-hybridized carbons (Fsp3) is 0.385. The second-order valence-corrected chi connectivity index (χ2v) is 9.57. The van der Waals surface area contributed by atoms with Crippen molar-refractivity contribution >= 4 is 35.0 Å². The van der Waals surface area contributed by atoms with Crippen LogP contribution in [0.15, 0.2) is 54.6 Å². The SMILES string of the molecule is CC(C)(C)OC(=O)N(C/C=C/C(N)=O)CCCN1c2ccccc2CCc2ccc(Cl)cc21. The molecule has 0 aromatic heterocycles. The number of hydrogen-bond acceptors (Lipinski definition) is 4. The van der Waals surface area contributed by atoms with E-state index in [4.69, 9.17) is 22.1 Å². The van der Waals surface area contributed by atoms with Crippen LogP contribution in [0.5, 0.6) is 0 Å². The minimum absolute atomic E-state index is 0.247. The third-order valence-electron chi connectivity index (χ3n) is 5.35. The average molecular weight is 470 g/mol. The van der Waals surface area contributed by atoms with Crippen LogP contribution in [0.4, 0.5) is 16.2 Å². The first-order chi connectivity index (χ1) is 15.6. The molecule has 0 saturated heterocycles. The Morgan fingerprint density at radius 2 is 1.82 bits per heavy atom. The van der Waals surface area contributed by atoms with Crippen molar-refractivity contribution in [3.8, 4) is 0 Å². The maximum atomic E-state index is 12.7. The number of anilines is 2. The number of rotatable bonds is 7. The van der Waals surface area contributed by atoms with Crippen LogP contribution in [0.3, 0.4) is 0 Å². The van der Waals surface area contributed by atoms with E-state index in [1.165, 1.54) is 17.2 Å². The first-order valence-corrected chi connectivity index (χ1v) is 11.6. The summed E-state index contributed by atoms with van der Waals surface area (Å²) in [5, 5.41) is 0.699. The number of para-hydroxylation sites is 1. The molecule has 2 aromatic carbocycles. The van der Waals surface area contributed by atoms with E-state index in [2.05, 4.69) is 29.2 Å². The van der Waals surface area contributed by atoms with Gasteiger partial charge in [0.15, 0.2) is 0 Å². The molecule has 2 amide bonds. The van der Waals surface area contributed by atoms with Gasteiger partial charge in [0.05, 0.1) is 0 Å². The number of nitrogens with zero attached hydrogens (tertiary/aromatic N) is 2. The second-order valence-electron chi connectivity index (χ2n) is 9.14. The van der Waals surface area contributed by atoms with Crippen molar-refractivity contribution in [3.63, 3.8) is 0 Å². The number of amides is 2. The summed E-state index contributed by atoms with van der Waals surface area (Å²) in [6, 6.07) is 14.4. The van der Waals surface area contributed by atoms with Gasteiger partial charge in [0, 0.05) is 42.1 Å². The fourth-order valence-corrected chi connectivity index (χ4v) is 4.09. The van der Waals surface area contributed by atoms with Crippen molar-refractivity contribution in [2.45, 2.75) is 45.6 Å². The molecule has 1 heterocycles. The lowest BCUT2D eigenvalue weighted by atomic mass is 10.0. The summed E-state index contributed by atoms with van der Waals surface area (Å²) >= 11 is 6.35. The molecule has 0 radical (unpaired) electrons. The maximum Gasteiger partial charge on any atom is 0.410 e. The van der Waals surface area contributed by atoms with Crippen LogP contribution in [-0.2, 0) is 22.4 Å². The molecule has 2 aromatic rings. The van der Waals surface area contributed by atoms with Gasteiger partial charge in [-0.1, -0.05) is 41.9 Å². The van der Waals surface area contributed by atoms with Crippen LogP contribution in [0.25, 0.3) is 0 Å². The fourth-order valence-electron chi connectivity index (χ4n) is 3.92. The van der Waals surface area contributed by atoms with Crippen molar-refractivity contribution in [1.82, 2.24) is 4.90 Å². The van der Waals surface area contributed by atoms with Crippen molar-refractivity contribution in [2.24, 2.45) is 5.73 Å². The third kappa shape index (κ3) is 6.99. The highest BCUT2D eigenvalue weighted by Crippen LogP contribution is 2.37. The lowest BCUT2D eigenvalue weighted by molar-refractivity contribution is -0.113. The van der Waals surface area contributed by atoms with E-state index in [-0.39, 0.29) is 6.54 Å². The lowest BCUT2D eigenvalue weighted by Gasteiger charge is -2.30. The number of primary amides is 1. The number of aryl methyl sites for hydroxylation is 2. The van der Waals surface area contributed by atoms with E-state index in [0.717, 1.165) is 24.2 Å². The molecule has 3 rings (SSSR count). The zero-order valence-corrected chi connectivity index (χ0v) is 20.3. The number of ether oxygens (including phenoxy) is 1. The van der Waals surface area contributed by atoms with Gasteiger partial charge in [0.1, 0.15) is 5.60 Å². The molecule has 0 aliphatic carbocycles. The quantitative estimate of drug-likeness (QED) is 0.562. The molecule has 0 saturated carbocycles. The Labute approximate surface area is 201 Å². The maximum absolute atomic E-state index is 12.7. The Balaban J connectivity index is 1.79. The van der Waals surface area contributed by atoms with Crippen LogP contribution < -0.4 is 10.6 Å². The van der Waals surface area contributed by atoms with Gasteiger partial charge < -0.3 is 20.3 Å². The zero-order valence-electron chi connectivity index (χ0n) is 19.5. The highest BCUT2D eigenvalue weighted by molar-refractivity contribution is 6.30. The van der Waals surface area contributed by atoms with E-state index in [0.29, 0.717) is 24.5 Å². The van der Waals surface area contributed by atoms with Gasteiger partial charge in [0.2, 0.25) is 5.91 Å². The van der Waals surface area contributed by atoms with Gasteiger partial charge >= 0.3 is 6.09 Å². The number of fused-ring (bicyclic) bond motifs is 2. The van der Waals surface area contributed by atoms with E-state index >= 15 is 0 Å². The summed E-state index contributed by atoms with van der Waals surface area (Å²) < 4.78 is 5.55. The van der Waals surface area contributed by atoms with Crippen LogP contribution in [-0.4, -0.2) is 42.1 Å². The van der Waals surface area contributed by atoms with Gasteiger partial charge in [-0.25, -0.2) is 4.79 Å². The number of hydrogen-bond donors (Lipinski definition) is 1. The highest BCUT2D eigenvalue weighted by atomic mass is 35.5. The van der Waals surface area contributed by atoms with Gasteiger partial charge in [-0.15, -0.1) is 0 Å². The molecule has 7 heteroatoms. The lowest BCUT2D eigenvalue weighted by Crippen LogP contribution is -2.38. The summed E-state index contributed by atoms with van der Waals surface area (Å²) in [6.07, 6.45) is 5.04. The van der Waals surface area contributed by atoms with Gasteiger partial charge in [0.25, 0.3) is 0 Å². The smallest absolute Gasteiger partial charge is 0.410 e. The van der Waals surface area contributed by atoms with Crippen molar-refractivity contribution in [3.05, 3.63) is 70.8 Å². The van der Waals surface area contributed by atoms with Gasteiger partial charge in [-0.05, 0) is 69.4 Å². The first-order valence-electron chi connectivity index (χ1n) is 11.2. The molecule has 176 valence electrons. The molecular formula is C26H32ClN3O3. The largest absolute Gasteiger partial charge is 0.444 e. The van der Waals surface area contributed by atoms with Gasteiger partial charge in [-0.2, -0.15) is 0 Å². The number of nitrogens with two attached hydrogens (primary N) is 1. The monoisotopic (exact) mass is 469 g/mol. The van der Waals surface area contributed by atoms with Crippen molar-refractivity contribution in [2.75, 3.05) is 24.5 Å². The predicted molar refractivity (Wildman–Crippen MR) is 133 cm³/mol.